The van der Waals surface area contributed by atoms with Gasteiger partial charge in [-0.2, -0.15) is 18.3 Å². The molecule has 3 aromatic heterocycles. The maximum absolute atomic E-state index is 12.5. The number of carbonyl (C=O) groups excluding carboxylic acids is 1. The summed E-state index contributed by atoms with van der Waals surface area (Å²) < 4.78 is 48.9. The van der Waals surface area contributed by atoms with Crippen molar-refractivity contribution in [3.8, 4) is 5.88 Å². The summed E-state index contributed by atoms with van der Waals surface area (Å²) in [5, 5.41) is 8.10. The lowest BCUT2D eigenvalue weighted by molar-refractivity contribution is -0.154. The van der Waals surface area contributed by atoms with Gasteiger partial charge >= 0.3 is 6.18 Å². The Morgan fingerprint density at radius 1 is 1.30 bits per heavy atom. The molecule has 1 amide bonds. The predicted molar refractivity (Wildman–Crippen MR) is 114 cm³/mol. The summed E-state index contributed by atoms with van der Waals surface area (Å²) in [4.78, 5) is 20.8. The van der Waals surface area contributed by atoms with Crippen molar-refractivity contribution in [1.29, 1.82) is 0 Å². The number of aromatic nitrogens is 4. The summed E-state index contributed by atoms with van der Waals surface area (Å²) in [6.45, 7) is 1.96. The van der Waals surface area contributed by atoms with Crippen LogP contribution in [-0.2, 0) is 16.1 Å². The monoisotopic (exact) mass is 463 g/mol. The van der Waals surface area contributed by atoms with Crippen molar-refractivity contribution in [2.24, 2.45) is 5.92 Å². The maximum Gasteiger partial charge on any atom is 0.422 e. The van der Waals surface area contributed by atoms with Crippen LogP contribution < -0.4 is 10.1 Å². The van der Waals surface area contributed by atoms with Crippen LogP contribution in [0.25, 0.3) is 10.9 Å². The third-order valence-electron chi connectivity index (χ3n) is 5.36. The maximum atomic E-state index is 12.5. The molecule has 0 spiro atoms. The number of nitrogens with zero attached hydrogens (tertiary/aromatic N) is 4. The first-order valence-electron chi connectivity index (χ1n) is 10.6. The van der Waals surface area contributed by atoms with E-state index in [0.29, 0.717) is 54.4 Å². The molecule has 0 unspecified atom stereocenters. The van der Waals surface area contributed by atoms with Crippen LogP contribution in [-0.4, -0.2) is 51.7 Å². The van der Waals surface area contributed by atoms with E-state index in [9.17, 15) is 18.0 Å². The normalized spacial score (nSPS) is 15.0. The van der Waals surface area contributed by atoms with Crippen LogP contribution in [0.4, 0.5) is 19.0 Å². The zero-order chi connectivity index (χ0) is 23.4. The lowest BCUT2D eigenvalue weighted by Crippen LogP contribution is -2.22. The Bertz CT molecular complexity index is 1130. The van der Waals surface area contributed by atoms with E-state index in [-0.39, 0.29) is 11.8 Å². The number of aryl methyl sites for hydroxylation is 1. The van der Waals surface area contributed by atoms with Crippen molar-refractivity contribution >= 4 is 22.6 Å². The molecular weight excluding hydrogens is 439 g/mol. The van der Waals surface area contributed by atoms with E-state index in [1.165, 1.54) is 6.20 Å². The number of ether oxygens (including phenoxy) is 2. The molecule has 0 saturated carbocycles. The van der Waals surface area contributed by atoms with E-state index in [2.05, 4.69) is 20.4 Å². The summed E-state index contributed by atoms with van der Waals surface area (Å²) in [5.41, 5.74) is 1.91. The SMILES string of the molecule is Cc1cc(Cn2cc3c(NC(=O)CC4CCOCC4)nccc3n2)cnc1OCC(F)(F)F. The van der Waals surface area contributed by atoms with E-state index in [4.69, 9.17) is 9.47 Å². The molecule has 1 N–H and O–H groups in total. The Labute approximate surface area is 188 Å². The number of rotatable bonds is 7. The van der Waals surface area contributed by atoms with E-state index >= 15 is 0 Å². The second-order valence-corrected chi connectivity index (χ2v) is 8.10. The molecular formula is C22H24F3N5O3. The highest BCUT2D eigenvalue weighted by Gasteiger charge is 2.29. The van der Waals surface area contributed by atoms with Crippen LogP contribution in [0.15, 0.2) is 30.7 Å². The number of carbonyl (C=O) groups is 1. The minimum absolute atomic E-state index is 0.0552. The number of hydrogen-bond donors (Lipinski definition) is 1. The van der Waals surface area contributed by atoms with Crippen LogP contribution in [0.1, 0.15) is 30.4 Å². The van der Waals surface area contributed by atoms with Crippen LogP contribution in [0.2, 0.25) is 0 Å². The van der Waals surface area contributed by atoms with Gasteiger partial charge in [-0.15, -0.1) is 0 Å². The van der Waals surface area contributed by atoms with Crippen molar-refractivity contribution < 1.29 is 27.4 Å². The van der Waals surface area contributed by atoms with E-state index in [0.717, 1.165) is 18.4 Å². The Hall–Kier alpha value is -3.21. The number of fused-ring (bicyclic) bond motifs is 1. The van der Waals surface area contributed by atoms with Crippen LogP contribution in [0.5, 0.6) is 5.88 Å². The molecule has 0 atom stereocenters. The number of alkyl halides is 3. The summed E-state index contributed by atoms with van der Waals surface area (Å²) in [5.74, 6) is 0.602. The lowest BCUT2D eigenvalue weighted by Gasteiger charge is -2.21. The molecule has 1 fully saturated rings. The molecule has 3 aromatic rings. The molecule has 33 heavy (non-hydrogen) atoms. The largest absolute Gasteiger partial charge is 0.468 e. The Balaban J connectivity index is 1.44. The van der Waals surface area contributed by atoms with Crippen molar-refractivity contribution in [3.63, 3.8) is 0 Å². The molecule has 1 aliphatic heterocycles. The topological polar surface area (TPSA) is 91.2 Å². The van der Waals surface area contributed by atoms with Crippen LogP contribution in [0, 0.1) is 12.8 Å². The number of pyridine rings is 2. The first-order valence-corrected chi connectivity index (χ1v) is 10.6. The Morgan fingerprint density at radius 2 is 2.09 bits per heavy atom. The highest BCUT2D eigenvalue weighted by molar-refractivity contribution is 5.99. The standard InChI is InChI=1S/C22H24F3N5O3/c1-14-8-16(10-27-21(14)33-13-22(23,24)25)11-30-12-17-18(29-30)2-5-26-20(17)28-19(31)9-15-3-6-32-7-4-15/h2,5,8,10,12,15H,3-4,6-7,9,11,13H2,1H3,(H,26,28,31). The molecule has 4 rings (SSSR count). The number of nitrogens with one attached hydrogen (secondary N) is 1. The Kier molecular flexibility index (Phi) is 6.77. The molecule has 0 aromatic carbocycles. The average Bonchev–Trinajstić information content (AvgIpc) is 3.16. The first kappa shape index (κ1) is 23.0. The zero-order valence-electron chi connectivity index (χ0n) is 18.1. The van der Waals surface area contributed by atoms with Gasteiger partial charge in [-0.3, -0.25) is 9.48 Å². The smallest absolute Gasteiger partial charge is 0.422 e. The molecule has 0 bridgehead atoms. The van der Waals surface area contributed by atoms with Gasteiger partial charge in [-0.1, -0.05) is 0 Å². The lowest BCUT2D eigenvalue weighted by atomic mass is 9.96. The summed E-state index contributed by atoms with van der Waals surface area (Å²) in [6.07, 6.45) is 2.56. The van der Waals surface area contributed by atoms with Gasteiger partial charge in [0.05, 0.1) is 17.4 Å². The second-order valence-electron chi connectivity index (χ2n) is 8.10. The van der Waals surface area contributed by atoms with Gasteiger partial charge < -0.3 is 14.8 Å². The van der Waals surface area contributed by atoms with Crippen molar-refractivity contribution in [2.75, 3.05) is 25.1 Å². The third-order valence-corrected chi connectivity index (χ3v) is 5.36. The summed E-state index contributed by atoms with van der Waals surface area (Å²) in [7, 11) is 0. The number of anilines is 1. The fraction of sp³-hybridized carbons (Fsp3) is 0.455. The highest BCUT2D eigenvalue weighted by atomic mass is 19.4. The van der Waals surface area contributed by atoms with E-state index in [1.807, 2.05) is 0 Å². The summed E-state index contributed by atoms with van der Waals surface area (Å²) >= 11 is 0. The van der Waals surface area contributed by atoms with E-state index in [1.54, 1.807) is 36.1 Å². The molecule has 11 heteroatoms. The number of hydrogen-bond acceptors (Lipinski definition) is 6. The molecule has 4 heterocycles. The van der Waals surface area contributed by atoms with E-state index < -0.39 is 12.8 Å². The van der Waals surface area contributed by atoms with Crippen LogP contribution >= 0.6 is 0 Å². The van der Waals surface area contributed by atoms with Gasteiger partial charge in [-0.05, 0) is 43.4 Å². The van der Waals surface area contributed by atoms with Crippen LogP contribution in [0.3, 0.4) is 0 Å². The van der Waals surface area contributed by atoms with Gasteiger partial charge in [0.25, 0.3) is 0 Å². The minimum atomic E-state index is -4.42. The van der Waals surface area contributed by atoms with Gasteiger partial charge in [0, 0.05) is 43.8 Å². The molecule has 8 nitrogen and oxygen atoms in total. The average molecular weight is 463 g/mol. The fourth-order valence-electron chi connectivity index (χ4n) is 3.77. The minimum Gasteiger partial charge on any atom is -0.468 e. The fourth-order valence-corrected chi connectivity index (χ4v) is 3.77. The molecule has 176 valence electrons. The Morgan fingerprint density at radius 3 is 2.82 bits per heavy atom. The molecule has 0 aliphatic carbocycles. The van der Waals surface area contributed by atoms with Gasteiger partial charge in [0.15, 0.2) is 6.61 Å². The highest BCUT2D eigenvalue weighted by Crippen LogP contribution is 2.24. The van der Waals surface area contributed by atoms with Gasteiger partial charge in [0.1, 0.15) is 5.82 Å². The predicted octanol–water partition coefficient (Wildman–Crippen LogP) is 3.88. The molecule has 1 saturated heterocycles. The van der Waals surface area contributed by atoms with Gasteiger partial charge in [-0.25, -0.2) is 9.97 Å². The molecule has 0 radical (unpaired) electrons. The summed E-state index contributed by atoms with van der Waals surface area (Å²) in [6, 6.07) is 3.46. The zero-order valence-corrected chi connectivity index (χ0v) is 18.1. The second kappa shape index (κ2) is 9.74. The van der Waals surface area contributed by atoms with Gasteiger partial charge in [0.2, 0.25) is 11.8 Å². The number of halogens is 3. The van der Waals surface area contributed by atoms with Crippen molar-refractivity contribution in [2.45, 2.75) is 38.9 Å². The van der Waals surface area contributed by atoms with Crippen molar-refractivity contribution in [1.82, 2.24) is 19.7 Å². The molecule has 1 aliphatic rings. The number of amides is 1. The third kappa shape index (κ3) is 6.19. The quantitative estimate of drug-likeness (QED) is 0.572. The van der Waals surface area contributed by atoms with Crippen molar-refractivity contribution in [3.05, 3.63) is 41.9 Å². The first-order chi connectivity index (χ1) is 15.8.